The summed E-state index contributed by atoms with van der Waals surface area (Å²) >= 11 is 0. The average Bonchev–Trinajstić information content (AvgIpc) is 1.35. The van der Waals surface area contributed by atoms with Gasteiger partial charge in [0, 0.05) is 0 Å². The van der Waals surface area contributed by atoms with Gasteiger partial charge in [0.05, 0.1) is 0 Å². The van der Waals surface area contributed by atoms with Crippen molar-refractivity contribution in [3.63, 3.8) is 0 Å². The molecule has 0 unspecified atom stereocenters. The van der Waals surface area contributed by atoms with Gasteiger partial charge in [-0.05, 0) is 0 Å². The smallest absolute Gasteiger partial charge is 0.329 e. The molecule has 0 atom stereocenters. The molecular weight excluding hydrogens is 84.0 g/mol. The van der Waals surface area contributed by atoms with Crippen LogP contribution in [0.25, 0.3) is 0 Å². The maximum atomic E-state index is 9.39. The van der Waals surface area contributed by atoms with Crippen LogP contribution in [0.15, 0.2) is 0 Å². The van der Waals surface area contributed by atoms with Crippen LogP contribution in [0.3, 0.4) is 0 Å². The molecule has 0 spiro atoms. The molecule has 0 aliphatic rings. The summed E-state index contributed by atoms with van der Waals surface area (Å²) < 4.78 is 3.70. The van der Waals surface area contributed by atoms with Gasteiger partial charge in [0.1, 0.15) is 13.7 Å². The summed E-state index contributed by atoms with van der Waals surface area (Å²) in [6.07, 6.45) is 0. The lowest BCUT2D eigenvalue weighted by molar-refractivity contribution is -0.140. The monoisotopic (exact) mass is 88.0 g/mol. The molecule has 34 valence electrons. The minimum Gasteiger partial charge on any atom is -0.480 e. The van der Waals surface area contributed by atoms with E-state index >= 15 is 0 Å². The third-order valence-electron chi connectivity index (χ3n) is 0.207. The first-order valence-corrected chi connectivity index (χ1v) is 1.31. The van der Waals surface area contributed by atoms with Gasteiger partial charge in [0.2, 0.25) is 0 Å². The normalized spacial score (nSPS) is 8.17. The largest absolute Gasteiger partial charge is 0.480 e. The van der Waals surface area contributed by atoms with Crippen LogP contribution in [0.2, 0.25) is 0 Å². The van der Waals surface area contributed by atoms with Crippen molar-refractivity contribution in [2.45, 2.75) is 0 Å². The van der Waals surface area contributed by atoms with Crippen LogP contribution < -0.4 is 0 Å². The first kappa shape index (κ1) is 5.43. The van der Waals surface area contributed by atoms with E-state index in [-0.39, 0.29) is 0 Å². The fraction of sp³-hybridized carbons (Fsp3) is 0.333. The van der Waals surface area contributed by atoms with Crippen LogP contribution in [-0.4, -0.2) is 17.7 Å². The number of carboxylic acids is 1. The zero-order valence-electron chi connectivity index (χ0n) is 3.05. The van der Waals surface area contributed by atoms with Crippen LogP contribution >= 0.6 is 0 Å². The van der Waals surface area contributed by atoms with E-state index < -0.39 is 12.6 Å². The molecule has 0 bridgehead atoms. The lowest BCUT2D eigenvalue weighted by Gasteiger charge is -1.82. The van der Waals surface area contributed by atoms with Crippen molar-refractivity contribution in [3.8, 4) is 0 Å². The van der Waals surface area contributed by atoms with E-state index in [2.05, 4.69) is 11.8 Å². The summed E-state index contributed by atoms with van der Waals surface area (Å²) in [5.41, 5.74) is 0. The summed E-state index contributed by atoms with van der Waals surface area (Å²) in [6.45, 7) is -0.431. The first-order chi connectivity index (χ1) is 2.77. The van der Waals surface area contributed by atoms with E-state index in [1.54, 1.807) is 0 Å². The lowest BCUT2D eigenvalue weighted by atomic mass is 10.8. The standard InChI is InChI=1S/C3H4O3/c1-6-2-3(4)5/h1H,2H2,(H,4,5). The molecule has 0 aliphatic heterocycles. The van der Waals surface area contributed by atoms with Crippen LogP contribution in [0.5, 0.6) is 0 Å². The van der Waals surface area contributed by atoms with Gasteiger partial charge in [0.25, 0.3) is 0 Å². The van der Waals surface area contributed by atoms with Crippen molar-refractivity contribution in [2.24, 2.45) is 0 Å². The predicted molar refractivity (Wildman–Crippen MR) is 17.9 cm³/mol. The molecule has 0 aromatic rings. The third kappa shape index (κ3) is 3.43. The molecule has 3 nitrogen and oxygen atoms in total. The maximum Gasteiger partial charge on any atom is 0.329 e. The van der Waals surface area contributed by atoms with Gasteiger partial charge in [-0.1, -0.05) is 0 Å². The Morgan fingerprint density at radius 1 is 2.00 bits per heavy atom. The Kier molecular flexibility index (Phi) is 2.40. The van der Waals surface area contributed by atoms with Crippen molar-refractivity contribution >= 4 is 5.97 Å². The molecular formula is C3H4O3. The van der Waals surface area contributed by atoms with E-state index in [0.29, 0.717) is 0 Å². The number of rotatable bonds is 2. The minimum atomic E-state index is -1.06. The highest BCUT2D eigenvalue weighted by atomic mass is 16.5. The van der Waals surface area contributed by atoms with Gasteiger partial charge >= 0.3 is 5.97 Å². The van der Waals surface area contributed by atoms with Crippen LogP contribution in [0.4, 0.5) is 0 Å². The highest BCUT2D eigenvalue weighted by Gasteiger charge is 1.88. The van der Waals surface area contributed by atoms with Crippen molar-refractivity contribution in [2.75, 3.05) is 6.61 Å². The summed E-state index contributed by atoms with van der Waals surface area (Å²) in [6, 6.07) is 0. The van der Waals surface area contributed by atoms with Gasteiger partial charge in [-0.3, -0.25) is 0 Å². The Balaban J connectivity index is 2.83. The number of aliphatic carboxylic acids is 1. The molecule has 6 heavy (non-hydrogen) atoms. The molecule has 3 heteroatoms. The number of hydrogen-bond donors (Lipinski definition) is 1. The molecule has 0 saturated carbocycles. The molecule has 2 radical (unpaired) electrons. The first-order valence-electron chi connectivity index (χ1n) is 1.31. The second kappa shape index (κ2) is 2.66. The van der Waals surface area contributed by atoms with Crippen LogP contribution in [0.1, 0.15) is 0 Å². The Morgan fingerprint density at radius 2 is 2.50 bits per heavy atom. The number of ether oxygens (including phenoxy) is 1. The van der Waals surface area contributed by atoms with E-state index in [1.807, 2.05) is 0 Å². The van der Waals surface area contributed by atoms with E-state index in [1.165, 1.54) is 0 Å². The molecule has 0 amide bonds. The fourth-order valence-corrected chi connectivity index (χ4v) is 0.0713. The maximum absolute atomic E-state index is 9.39. The lowest BCUT2D eigenvalue weighted by Crippen LogP contribution is -2.01. The van der Waals surface area contributed by atoms with Crippen LogP contribution in [-0.2, 0) is 9.53 Å². The number of carbonyl (C=O) groups is 1. The zero-order chi connectivity index (χ0) is 4.99. The van der Waals surface area contributed by atoms with Crippen molar-refractivity contribution in [1.29, 1.82) is 0 Å². The van der Waals surface area contributed by atoms with E-state index in [4.69, 9.17) is 5.11 Å². The molecule has 0 aliphatic carbocycles. The SMILES string of the molecule is [CH]OCC(=O)O. The molecule has 0 aromatic carbocycles. The van der Waals surface area contributed by atoms with Gasteiger partial charge in [-0.15, -0.1) is 0 Å². The van der Waals surface area contributed by atoms with Gasteiger partial charge < -0.3 is 9.84 Å². The van der Waals surface area contributed by atoms with Gasteiger partial charge in [-0.2, -0.15) is 0 Å². The molecule has 0 rings (SSSR count). The van der Waals surface area contributed by atoms with Crippen molar-refractivity contribution in [3.05, 3.63) is 7.11 Å². The Morgan fingerprint density at radius 3 is 2.50 bits per heavy atom. The quantitative estimate of drug-likeness (QED) is 0.506. The highest BCUT2D eigenvalue weighted by Crippen LogP contribution is 1.64. The van der Waals surface area contributed by atoms with Crippen molar-refractivity contribution in [1.82, 2.24) is 0 Å². The summed E-state index contributed by atoms with van der Waals surface area (Å²) in [5.74, 6) is -1.06. The van der Waals surface area contributed by atoms with Crippen molar-refractivity contribution < 1.29 is 14.6 Å². The Hall–Kier alpha value is -0.570. The Labute approximate surface area is 35.5 Å². The third-order valence-corrected chi connectivity index (χ3v) is 0.207. The van der Waals surface area contributed by atoms with E-state index in [0.717, 1.165) is 0 Å². The summed E-state index contributed by atoms with van der Waals surface area (Å²) in [4.78, 5) is 9.39. The minimum absolute atomic E-state index is 0.431. The average molecular weight is 88.1 g/mol. The molecule has 0 saturated heterocycles. The summed E-state index contributed by atoms with van der Waals surface area (Å²) in [5, 5.41) is 7.71. The number of carboxylic acid groups (broad SMARTS) is 1. The second-order valence-corrected chi connectivity index (χ2v) is 0.705. The molecule has 0 heterocycles. The van der Waals surface area contributed by atoms with E-state index in [9.17, 15) is 4.79 Å². The second-order valence-electron chi connectivity index (χ2n) is 0.705. The fourth-order valence-electron chi connectivity index (χ4n) is 0.0713. The highest BCUT2D eigenvalue weighted by molar-refractivity contribution is 5.67. The predicted octanol–water partition coefficient (Wildman–Crippen LogP) is -0.244. The van der Waals surface area contributed by atoms with Crippen LogP contribution in [0, 0.1) is 7.11 Å². The topological polar surface area (TPSA) is 46.5 Å². The molecule has 0 fully saturated rings. The molecule has 0 aromatic heterocycles. The molecule has 1 N–H and O–H groups in total. The summed E-state index contributed by atoms with van der Waals surface area (Å²) in [7, 11) is 4.35. The number of hydrogen-bond acceptors (Lipinski definition) is 2. The van der Waals surface area contributed by atoms with Gasteiger partial charge in [0.15, 0.2) is 0 Å². The Bertz CT molecular complexity index is 50.0. The van der Waals surface area contributed by atoms with Gasteiger partial charge in [-0.25, -0.2) is 4.79 Å². The zero-order valence-corrected chi connectivity index (χ0v) is 3.05.